The second-order valence-electron chi connectivity index (χ2n) is 19.4. The predicted octanol–water partition coefficient (Wildman–Crippen LogP) is 11.9. The summed E-state index contributed by atoms with van der Waals surface area (Å²) in [4.78, 5) is 27.3. The van der Waals surface area contributed by atoms with E-state index in [4.69, 9.17) is 52.1 Å². The van der Waals surface area contributed by atoms with E-state index in [1.54, 1.807) is 72.8 Å². The van der Waals surface area contributed by atoms with Crippen molar-refractivity contribution in [1.82, 2.24) is 0 Å². The number of hydrogen-bond acceptors (Lipinski definition) is 13. The number of benzene rings is 8. The van der Waals surface area contributed by atoms with E-state index in [1.807, 2.05) is 164 Å². The van der Waals surface area contributed by atoms with E-state index in [-0.39, 0.29) is 39.6 Å². The van der Waals surface area contributed by atoms with Crippen molar-refractivity contribution >= 4 is 11.9 Å². The molecule has 0 saturated carbocycles. The average Bonchev–Trinajstić information content (AvgIpc) is 3.56. The Morgan fingerprint density at radius 3 is 1.31 bits per heavy atom. The van der Waals surface area contributed by atoms with Crippen LogP contribution in [0.1, 0.15) is 55.0 Å². The van der Waals surface area contributed by atoms with Gasteiger partial charge in [-0.1, -0.05) is 188 Å². The van der Waals surface area contributed by atoms with Crippen molar-refractivity contribution in [2.24, 2.45) is 0 Å². The van der Waals surface area contributed by atoms with Crippen LogP contribution in [-0.4, -0.2) is 80.5 Å². The van der Waals surface area contributed by atoms with Crippen LogP contribution in [0, 0.1) is 0 Å². The molecule has 0 bridgehead atoms. The molecule has 8 aromatic rings. The van der Waals surface area contributed by atoms with E-state index in [9.17, 15) is 9.59 Å². The third-order valence-electron chi connectivity index (χ3n) is 13.6. The van der Waals surface area contributed by atoms with Crippen LogP contribution < -0.4 is 9.47 Å². The maximum absolute atomic E-state index is 14.3. The minimum atomic E-state index is -1.23. The van der Waals surface area contributed by atoms with Crippen molar-refractivity contribution in [3.63, 3.8) is 0 Å². The Balaban J connectivity index is 0.958. The highest BCUT2D eigenvalue weighted by Gasteiger charge is 2.51. The maximum atomic E-state index is 14.3. The van der Waals surface area contributed by atoms with Crippen LogP contribution in [0.3, 0.4) is 0 Å². The van der Waals surface area contributed by atoms with Gasteiger partial charge in [0.1, 0.15) is 35.9 Å². The molecule has 2 aliphatic rings. The fourth-order valence-electron chi connectivity index (χ4n) is 9.48. The van der Waals surface area contributed by atoms with Gasteiger partial charge in [0.15, 0.2) is 12.4 Å². The lowest BCUT2D eigenvalue weighted by Crippen LogP contribution is -2.62. The monoisotopic (exact) mass is 1080 g/mol. The molecule has 13 nitrogen and oxygen atoms in total. The Hall–Kier alpha value is -7.82. The number of carbonyl (C=O) groups excluding carboxylic acids is 2. The average molecular weight is 1080 g/mol. The fourth-order valence-corrected chi connectivity index (χ4v) is 9.48. The van der Waals surface area contributed by atoms with Crippen LogP contribution in [-0.2, 0) is 75.7 Å². The van der Waals surface area contributed by atoms with Crippen LogP contribution in [0.5, 0.6) is 11.5 Å². The van der Waals surface area contributed by atoms with Gasteiger partial charge in [0.25, 0.3) is 0 Å². The number of carbonyl (C=O) groups is 2. The van der Waals surface area contributed by atoms with Crippen molar-refractivity contribution in [3.8, 4) is 11.5 Å². The van der Waals surface area contributed by atoms with Gasteiger partial charge in [0.05, 0.1) is 69.6 Å². The predicted molar refractivity (Wildman–Crippen MR) is 298 cm³/mol. The highest BCUT2D eigenvalue weighted by atomic mass is 16.7. The molecule has 0 N–H and O–H groups in total. The lowest BCUT2D eigenvalue weighted by atomic mass is 9.97. The van der Waals surface area contributed by atoms with Gasteiger partial charge in [-0.3, -0.25) is 0 Å². The summed E-state index contributed by atoms with van der Waals surface area (Å²) in [5.41, 5.74) is 5.49. The van der Waals surface area contributed by atoms with Gasteiger partial charge in [-0.05, 0) is 76.3 Å². The maximum Gasteiger partial charge on any atom is 0.343 e. The zero-order valence-electron chi connectivity index (χ0n) is 44.2. The summed E-state index contributed by atoms with van der Waals surface area (Å²) in [5.74, 6) is -0.328. The van der Waals surface area contributed by atoms with Gasteiger partial charge in [-0.15, -0.1) is 0 Å². The first-order chi connectivity index (χ1) is 39.5. The molecule has 0 amide bonds. The second-order valence-corrected chi connectivity index (χ2v) is 19.4. The summed E-state index contributed by atoms with van der Waals surface area (Å²) in [7, 11) is 0. The lowest BCUT2D eigenvalue weighted by molar-refractivity contribution is -0.328. The van der Waals surface area contributed by atoms with Crippen molar-refractivity contribution in [2.75, 3.05) is 13.2 Å². The van der Waals surface area contributed by atoms with Gasteiger partial charge < -0.3 is 52.1 Å². The van der Waals surface area contributed by atoms with Crippen LogP contribution in [0.25, 0.3) is 0 Å². The van der Waals surface area contributed by atoms with E-state index >= 15 is 0 Å². The van der Waals surface area contributed by atoms with Crippen LogP contribution in [0.4, 0.5) is 0 Å². The molecule has 1 unspecified atom stereocenters. The Morgan fingerprint density at radius 1 is 0.375 bits per heavy atom. The Kier molecular flexibility index (Phi) is 20.0. The second kappa shape index (κ2) is 28.9. The SMILES string of the molecule is O=C(Oc1ccc(O[C@@H]2OC(CO[C@@H]3O[C@H](COCc4ccccc4)[C@@H](OCc4ccccc4)[C@H](OCc4ccccc4)[C@H]3OC(=O)c3ccccc3)C[C@H](OCc3ccccc3)[C@H]2OCc2ccccc2)cc1)c1ccccc1. The molecule has 2 fully saturated rings. The molecule has 0 aliphatic carbocycles. The van der Waals surface area contributed by atoms with E-state index in [1.165, 1.54) is 0 Å². The number of hydrogen-bond donors (Lipinski definition) is 0. The first kappa shape index (κ1) is 55.5. The number of rotatable bonds is 25. The third-order valence-corrected chi connectivity index (χ3v) is 13.6. The van der Waals surface area contributed by atoms with Gasteiger partial charge >= 0.3 is 11.9 Å². The van der Waals surface area contributed by atoms with Gasteiger partial charge in [-0.2, -0.15) is 0 Å². The molecule has 0 radical (unpaired) electrons. The van der Waals surface area contributed by atoms with Gasteiger partial charge in [-0.25, -0.2) is 9.59 Å². The van der Waals surface area contributed by atoms with Crippen LogP contribution in [0.2, 0.25) is 0 Å². The molecule has 2 aliphatic heterocycles. The largest absolute Gasteiger partial charge is 0.462 e. The van der Waals surface area contributed by atoms with Crippen molar-refractivity contribution in [2.45, 2.75) is 94.8 Å². The first-order valence-electron chi connectivity index (χ1n) is 26.9. The van der Waals surface area contributed by atoms with Crippen molar-refractivity contribution in [3.05, 3.63) is 276 Å². The molecule has 80 heavy (non-hydrogen) atoms. The Bertz CT molecular complexity index is 3070. The molecule has 8 aromatic carbocycles. The van der Waals surface area contributed by atoms with Gasteiger partial charge in [0, 0.05) is 6.42 Å². The van der Waals surface area contributed by atoms with E-state index < -0.39 is 67.2 Å². The van der Waals surface area contributed by atoms with E-state index in [0.717, 1.165) is 27.8 Å². The zero-order valence-corrected chi connectivity index (χ0v) is 44.2. The summed E-state index contributed by atoms with van der Waals surface area (Å²) >= 11 is 0. The first-order valence-corrected chi connectivity index (χ1v) is 26.9. The summed E-state index contributed by atoms with van der Waals surface area (Å²) in [5, 5.41) is 0. The normalized spacial score (nSPS) is 21.7. The minimum absolute atomic E-state index is 0.0760. The molecular formula is C67H64O13. The number of esters is 2. The van der Waals surface area contributed by atoms with Gasteiger partial charge in [0.2, 0.25) is 6.29 Å². The third kappa shape index (κ3) is 15.9. The molecule has 0 spiro atoms. The molecule has 2 saturated heterocycles. The van der Waals surface area contributed by atoms with Crippen LogP contribution >= 0.6 is 0 Å². The summed E-state index contributed by atoms with van der Waals surface area (Å²) in [6.45, 7) is 1.18. The standard InChI is InChI=1S/C67H64O13/c68-64(53-32-18-6-19-33-53)76-55-36-38-56(39-37-55)77-67-61(73-44-51-28-14-4-15-29-51)58(71-42-49-24-10-2-11-25-49)40-57(78-67)46-75-66-63(80-65(69)54-34-20-7-21-35-54)62(74-45-52-30-16-5-17-31-52)60(72-43-50-26-12-3-13-27-50)59(79-66)47-70-41-48-22-8-1-9-23-48/h1-39,57-63,66-67H,40-47H2/t57?,58-,59+,60+,61+,62-,63+,66+,67+/m0/s1. The quantitative estimate of drug-likeness (QED) is 0.0397. The Morgan fingerprint density at radius 2 is 0.800 bits per heavy atom. The zero-order chi connectivity index (χ0) is 54.6. The summed E-state index contributed by atoms with van der Waals surface area (Å²) < 4.78 is 73.4. The molecule has 13 heteroatoms. The molecular weight excluding hydrogens is 1010 g/mol. The summed E-state index contributed by atoms with van der Waals surface area (Å²) in [6.07, 6.45) is -7.71. The van der Waals surface area contributed by atoms with E-state index in [2.05, 4.69) is 0 Å². The van der Waals surface area contributed by atoms with E-state index in [0.29, 0.717) is 35.7 Å². The number of ether oxygens (including phenoxy) is 11. The highest BCUT2D eigenvalue weighted by Crippen LogP contribution is 2.35. The highest BCUT2D eigenvalue weighted by molar-refractivity contribution is 5.91. The summed E-state index contributed by atoms with van der Waals surface area (Å²) in [6, 6.07) is 73.5. The molecule has 9 atom stereocenters. The molecule has 0 aromatic heterocycles. The topological polar surface area (TPSA) is 136 Å². The fraction of sp³-hybridized carbons (Fsp3) is 0.254. The lowest BCUT2D eigenvalue weighted by Gasteiger charge is -2.46. The molecule has 410 valence electrons. The van der Waals surface area contributed by atoms with Crippen molar-refractivity contribution < 1.29 is 61.7 Å². The van der Waals surface area contributed by atoms with Crippen molar-refractivity contribution in [1.29, 1.82) is 0 Å². The minimum Gasteiger partial charge on any atom is -0.462 e. The molecule has 2 heterocycles. The smallest absolute Gasteiger partial charge is 0.343 e. The Labute approximate surface area is 466 Å². The molecule has 10 rings (SSSR count). The van der Waals surface area contributed by atoms with Crippen LogP contribution in [0.15, 0.2) is 237 Å².